The largest absolute Gasteiger partial charge is 0.466 e. The fraction of sp³-hybridized carbons (Fsp3) is 0.308. The van der Waals surface area contributed by atoms with Crippen LogP contribution in [0.5, 0.6) is 0 Å². The lowest BCUT2D eigenvalue weighted by Crippen LogP contribution is -2.53. The third kappa shape index (κ3) is 6.86. The fourth-order valence-electron chi connectivity index (χ4n) is 6.94. The molecule has 0 radical (unpaired) electrons. The summed E-state index contributed by atoms with van der Waals surface area (Å²) in [4.78, 5) is 54.6. The number of aromatic nitrogens is 1. The van der Waals surface area contributed by atoms with E-state index < -0.39 is 17.4 Å². The zero-order valence-corrected chi connectivity index (χ0v) is 31.6. The first-order valence-electron chi connectivity index (χ1n) is 17.0. The maximum absolute atomic E-state index is 13.7. The van der Waals surface area contributed by atoms with Crippen molar-refractivity contribution in [2.24, 2.45) is 4.99 Å². The number of nitrogens with one attached hydrogen (secondary N) is 1. The minimum atomic E-state index is -0.745. The van der Waals surface area contributed by atoms with Crippen molar-refractivity contribution in [1.29, 1.82) is 0 Å². The molecule has 7 rings (SSSR count). The van der Waals surface area contributed by atoms with E-state index in [4.69, 9.17) is 32.9 Å². The average Bonchev–Trinajstić information content (AvgIpc) is 3.80. The average molecular weight is 758 g/mol. The number of Topliss-reactive ketones (excluding diaryl/α,β-unsaturated/α-hetero) is 1. The maximum atomic E-state index is 13.7. The van der Waals surface area contributed by atoms with Crippen LogP contribution in [0.25, 0.3) is 11.1 Å². The third-order valence-corrected chi connectivity index (χ3v) is 11.6. The summed E-state index contributed by atoms with van der Waals surface area (Å²) in [5, 5.41) is 6.81. The number of piperazine rings is 1. The van der Waals surface area contributed by atoms with Crippen molar-refractivity contribution in [2.75, 3.05) is 44.7 Å². The molecule has 10 nitrogen and oxygen atoms in total. The van der Waals surface area contributed by atoms with Crippen LogP contribution < -0.4 is 10.2 Å². The molecular weight excluding hydrogens is 719 g/mol. The Balaban J connectivity index is 1.09. The molecule has 3 aliphatic rings. The second-order valence-corrected chi connectivity index (χ2v) is 15.4. The van der Waals surface area contributed by atoms with Gasteiger partial charge in [-0.05, 0) is 61.7 Å². The lowest BCUT2D eigenvalue weighted by molar-refractivity contribution is -0.136. The number of hydrogen-bond donors (Lipinski definition) is 1. The van der Waals surface area contributed by atoms with E-state index in [1.807, 2.05) is 77.6 Å². The van der Waals surface area contributed by atoms with Crippen LogP contribution in [-0.4, -0.2) is 84.3 Å². The van der Waals surface area contributed by atoms with E-state index in [0.717, 1.165) is 22.4 Å². The van der Waals surface area contributed by atoms with E-state index in [1.165, 1.54) is 18.4 Å². The van der Waals surface area contributed by atoms with Crippen LogP contribution in [0, 0.1) is 0 Å². The molecule has 3 aromatic carbocycles. The van der Waals surface area contributed by atoms with Crippen LogP contribution >= 0.6 is 34.5 Å². The standard InChI is InChI=1S/C39H38Cl2N6O4S/c1-23(48)39(2,3)26-9-5-24(6-10-26)25-7-12-28(13-8-25)47-21-29-20-45(16-17-46(29)38(47)50)22-32-33(37(49)51-4)34(30-14-11-27(40)19-31(30)41)44-35(43-32)36-42-15-18-52-36/h5-15,18-19,29,34H,16-17,20-22H2,1-4H3,(H,43,44)/t29-,34-/m0/s1. The molecule has 3 aliphatic heterocycles. The number of anilines is 1. The van der Waals surface area contributed by atoms with Crippen molar-refractivity contribution < 1.29 is 19.1 Å². The van der Waals surface area contributed by atoms with Gasteiger partial charge in [0.1, 0.15) is 11.8 Å². The quantitative estimate of drug-likeness (QED) is 0.181. The molecule has 4 heterocycles. The number of ketones is 1. The molecule has 2 atom stereocenters. The summed E-state index contributed by atoms with van der Waals surface area (Å²) in [7, 11) is 1.35. The minimum absolute atomic E-state index is 0.0193. The number of methoxy groups -OCH3 is 1. The van der Waals surface area contributed by atoms with Gasteiger partial charge in [-0.3, -0.25) is 19.6 Å². The number of hydrogen-bond acceptors (Lipinski definition) is 9. The highest BCUT2D eigenvalue weighted by atomic mass is 35.5. The summed E-state index contributed by atoms with van der Waals surface area (Å²) in [5.74, 6) is 0.144. The summed E-state index contributed by atoms with van der Waals surface area (Å²) in [6, 6.07) is 20.4. The number of benzene rings is 3. The maximum Gasteiger partial charge on any atom is 0.338 e. The second-order valence-electron chi connectivity index (χ2n) is 13.7. The van der Waals surface area contributed by atoms with Gasteiger partial charge in [0.25, 0.3) is 0 Å². The second kappa shape index (κ2) is 14.5. The zero-order chi connectivity index (χ0) is 36.7. The van der Waals surface area contributed by atoms with Gasteiger partial charge in [0.2, 0.25) is 0 Å². The molecule has 0 spiro atoms. The molecule has 2 saturated heterocycles. The van der Waals surface area contributed by atoms with Crippen LogP contribution in [0.2, 0.25) is 10.0 Å². The Labute approximate surface area is 316 Å². The van der Waals surface area contributed by atoms with Crippen LogP contribution in [0.1, 0.15) is 42.9 Å². The highest BCUT2D eigenvalue weighted by Crippen LogP contribution is 2.38. The molecule has 0 bridgehead atoms. The molecular formula is C39H38Cl2N6O4S. The van der Waals surface area contributed by atoms with E-state index in [2.05, 4.69) is 15.2 Å². The van der Waals surface area contributed by atoms with Crippen molar-refractivity contribution in [3.63, 3.8) is 0 Å². The number of halogens is 2. The number of amides is 2. The van der Waals surface area contributed by atoms with Crippen LogP contribution in [0.4, 0.5) is 10.5 Å². The number of aliphatic imine (C=N–C) groups is 1. The van der Waals surface area contributed by atoms with Gasteiger partial charge in [0.15, 0.2) is 10.8 Å². The number of rotatable bonds is 9. The molecule has 52 heavy (non-hydrogen) atoms. The van der Waals surface area contributed by atoms with Crippen molar-refractivity contribution in [3.05, 3.63) is 116 Å². The number of amidine groups is 1. The normalized spacial score (nSPS) is 19.3. The van der Waals surface area contributed by atoms with Crippen LogP contribution in [0.3, 0.4) is 0 Å². The summed E-state index contributed by atoms with van der Waals surface area (Å²) in [6.45, 7) is 8.19. The van der Waals surface area contributed by atoms with Gasteiger partial charge in [0.05, 0.1) is 18.7 Å². The number of esters is 1. The SMILES string of the molecule is COC(=O)C1=C(CN2CCN3C(=O)N(c4ccc(-c5ccc(C(C)(C)C(C)=O)cc5)cc4)C[C@@H]3C2)NC(c2nccs2)=N[C@H]1c1ccc(Cl)cc1Cl. The Hall–Kier alpha value is -4.55. The Morgan fingerprint density at radius 1 is 1.00 bits per heavy atom. The van der Waals surface area contributed by atoms with E-state index in [-0.39, 0.29) is 17.9 Å². The van der Waals surface area contributed by atoms with Gasteiger partial charge in [-0.2, -0.15) is 0 Å². The fourth-order valence-corrected chi connectivity index (χ4v) is 8.04. The van der Waals surface area contributed by atoms with Gasteiger partial charge < -0.3 is 15.0 Å². The number of carbonyl (C=O) groups is 3. The van der Waals surface area contributed by atoms with E-state index in [9.17, 15) is 14.4 Å². The molecule has 1 aromatic heterocycles. The summed E-state index contributed by atoms with van der Waals surface area (Å²) in [5.41, 5.74) is 4.96. The van der Waals surface area contributed by atoms with Crippen molar-refractivity contribution in [2.45, 2.75) is 38.3 Å². The summed E-state index contributed by atoms with van der Waals surface area (Å²) < 4.78 is 5.28. The predicted molar refractivity (Wildman–Crippen MR) is 205 cm³/mol. The Morgan fingerprint density at radius 2 is 1.71 bits per heavy atom. The Bertz CT molecular complexity index is 2080. The molecule has 1 N–H and O–H groups in total. The van der Waals surface area contributed by atoms with Gasteiger partial charge in [-0.25, -0.2) is 14.6 Å². The third-order valence-electron chi connectivity index (χ3n) is 10.2. The van der Waals surface area contributed by atoms with Gasteiger partial charge in [-0.1, -0.05) is 65.7 Å². The topological polar surface area (TPSA) is 107 Å². The number of urea groups is 1. The first kappa shape index (κ1) is 35.8. The van der Waals surface area contributed by atoms with E-state index >= 15 is 0 Å². The molecule has 2 amide bonds. The molecule has 0 saturated carbocycles. The van der Waals surface area contributed by atoms with E-state index in [0.29, 0.717) is 70.4 Å². The number of nitrogens with zero attached hydrogens (tertiary/aromatic N) is 5. The summed E-state index contributed by atoms with van der Waals surface area (Å²) >= 11 is 14.3. The number of ether oxygens (including phenoxy) is 1. The Kier molecular flexibility index (Phi) is 9.97. The van der Waals surface area contributed by atoms with Gasteiger partial charge in [-0.15, -0.1) is 11.3 Å². The van der Waals surface area contributed by atoms with Crippen molar-refractivity contribution >= 4 is 63.8 Å². The molecule has 0 aliphatic carbocycles. The van der Waals surface area contributed by atoms with Crippen molar-refractivity contribution in [3.8, 4) is 11.1 Å². The molecule has 13 heteroatoms. The highest BCUT2D eigenvalue weighted by molar-refractivity contribution is 7.11. The van der Waals surface area contributed by atoms with Gasteiger partial charge in [0, 0.05) is 76.7 Å². The Morgan fingerprint density at radius 3 is 2.35 bits per heavy atom. The molecule has 0 unspecified atom stereocenters. The highest BCUT2D eigenvalue weighted by Gasteiger charge is 2.42. The number of carbonyl (C=O) groups excluding carboxylic acids is 3. The molecule has 268 valence electrons. The smallest absolute Gasteiger partial charge is 0.338 e. The lowest BCUT2D eigenvalue weighted by atomic mass is 9.81. The first-order chi connectivity index (χ1) is 24.9. The van der Waals surface area contributed by atoms with Gasteiger partial charge >= 0.3 is 12.0 Å². The lowest BCUT2D eigenvalue weighted by Gasteiger charge is -2.38. The number of fused-ring (bicyclic) bond motifs is 1. The monoisotopic (exact) mass is 756 g/mol. The zero-order valence-electron chi connectivity index (χ0n) is 29.2. The van der Waals surface area contributed by atoms with Crippen molar-refractivity contribution in [1.82, 2.24) is 20.1 Å². The predicted octanol–water partition coefficient (Wildman–Crippen LogP) is 7.13. The summed E-state index contributed by atoms with van der Waals surface area (Å²) in [6.07, 6.45) is 1.71. The molecule has 4 aromatic rings. The van der Waals surface area contributed by atoms with Crippen LogP contribution in [0.15, 0.2) is 94.6 Å². The number of thiazole rings is 1. The minimum Gasteiger partial charge on any atom is -0.466 e. The first-order valence-corrected chi connectivity index (χ1v) is 18.6. The molecule has 2 fully saturated rings. The van der Waals surface area contributed by atoms with Crippen LogP contribution in [-0.2, 0) is 19.7 Å². The van der Waals surface area contributed by atoms with E-state index in [1.54, 1.807) is 31.3 Å².